The lowest BCUT2D eigenvalue weighted by Gasteiger charge is -2.34. The van der Waals surface area contributed by atoms with Gasteiger partial charge in [0.2, 0.25) is 11.8 Å². The third-order valence-electron chi connectivity index (χ3n) is 5.90. The number of rotatable bonds is 8. The van der Waals surface area contributed by atoms with E-state index in [2.05, 4.69) is 27.3 Å². The molecule has 1 N–H and O–H groups in total. The molecule has 2 aliphatic heterocycles. The van der Waals surface area contributed by atoms with Crippen LogP contribution in [0.1, 0.15) is 29.1 Å². The van der Waals surface area contributed by atoms with Gasteiger partial charge in [0.25, 0.3) is 0 Å². The van der Waals surface area contributed by atoms with Crippen LogP contribution in [0.5, 0.6) is 0 Å². The lowest BCUT2D eigenvalue weighted by molar-refractivity contribution is -0.138. The van der Waals surface area contributed by atoms with Crippen LogP contribution in [-0.4, -0.2) is 72.5 Å². The lowest BCUT2D eigenvalue weighted by atomic mass is 9.96. The molecule has 2 aliphatic rings. The van der Waals surface area contributed by atoms with Crippen LogP contribution >= 0.6 is 11.3 Å². The molecule has 4 rings (SSSR count). The predicted molar refractivity (Wildman–Crippen MR) is 120 cm³/mol. The highest BCUT2D eigenvalue weighted by molar-refractivity contribution is 7.09. The Hall–Kier alpha value is -2.29. The molecule has 7 nitrogen and oxygen atoms in total. The third kappa shape index (κ3) is 6.35. The first-order valence-corrected chi connectivity index (χ1v) is 11.9. The molecule has 2 amide bonds. The number of carbonyl (C=O) groups excluding carboxylic acids is 2. The van der Waals surface area contributed by atoms with Crippen molar-refractivity contribution in [2.24, 2.45) is 5.92 Å². The zero-order valence-corrected chi connectivity index (χ0v) is 18.6. The van der Waals surface area contributed by atoms with Crippen LogP contribution < -0.4 is 5.32 Å². The Balaban J connectivity index is 1.23. The maximum Gasteiger partial charge on any atom is 0.225 e. The van der Waals surface area contributed by atoms with Gasteiger partial charge >= 0.3 is 0 Å². The maximum atomic E-state index is 12.7. The second-order valence-corrected chi connectivity index (χ2v) is 9.08. The van der Waals surface area contributed by atoms with Gasteiger partial charge in [-0.1, -0.05) is 30.3 Å². The molecule has 1 atom stereocenters. The van der Waals surface area contributed by atoms with Gasteiger partial charge in [-0.3, -0.25) is 14.5 Å². The normalized spacial score (nSPS) is 20.1. The molecule has 1 aromatic carbocycles. The molecule has 0 spiro atoms. The van der Waals surface area contributed by atoms with Gasteiger partial charge in [-0.2, -0.15) is 0 Å². The molecule has 2 aromatic rings. The maximum absolute atomic E-state index is 12.7. The van der Waals surface area contributed by atoms with Crippen molar-refractivity contribution in [3.05, 3.63) is 52.0 Å². The molecule has 3 heterocycles. The number of aromatic nitrogens is 1. The number of amides is 2. The predicted octanol–water partition coefficient (Wildman–Crippen LogP) is 1.92. The topological polar surface area (TPSA) is 74.8 Å². The Labute approximate surface area is 187 Å². The van der Waals surface area contributed by atoms with Crippen molar-refractivity contribution in [1.29, 1.82) is 0 Å². The summed E-state index contributed by atoms with van der Waals surface area (Å²) < 4.78 is 5.38. The van der Waals surface area contributed by atoms with E-state index in [0.29, 0.717) is 32.5 Å². The van der Waals surface area contributed by atoms with Crippen molar-refractivity contribution in [3.8, 4) is 0 Å². The van der Waals surface area contributed by atoms with Crippen molar-refractivity contribution in [2.75, 3.05) is 45.9 Å². The molecule has 0 radical (unpaired) electrons. The number of hydrogen-bond acceptors (Lipinski definition) is 6. The van der Waals surface area contributed by atoms with Crippen LogP contribution in [0.2, 0.25) is 0 Å². The number of morpholine rings is 1. The molecular weight excluding hydrogens is 412 g/mol. The second-order valence-electron chi connectivity index (χ2n) is 8.14. The Kier molecular flexibility index (Phi) is 7.66. The first-order chi connectivity index (χ1) is 15.2. The highest BCUT2D eigenvalue weighted by atomic mass is 32.1. The SMILES string of the molecule is O=C(NCc1csc(Cc2ccccc2)n1)[C@H]1CCC(=O)N(CCN2CCOCC2)C1. The molecule has 0 aliphatic carbocycles. The summed E-state index contributed by atoms with van der Waals surface area (Å²) in [5.41, 5.74) is 2.12. The van der Waals surface area contributed by atoms with E-state index < -0.39 is 0 Å². The van der Waals surface area contributed by atoms with Crippen molar-refractivity contribution >= 4 is 23.2 Å². The third-order valence-corrected chi connectivity index (χ3v) is 6.80. The monoisotopic (exact) mass is 442 g/mol. The van der Waals surface area contributed by atoms with Crippen LogP contribution in [0.15, 0.2) is 35.7 Å². The zero-order chi connectivity index (χ0) is 21.5. The van der Waals surface area contributed by atoms with E-state index in [1.807, 2.05) is 28.5 Å². The minimum atomic E-state index is -0.148. The number of thiazole rings is 1. The molecular formula is C23H30N4O3S. The first kappa shape index (κ1) is 21.9. The van der Waals surface area contributed by atoms with Gasteiger partial charge in [0.1, 0.15) is 0 Å². The second kappa shape index (κ2) is 10.8. The molecule has 0 unspecified atom stereocenters. The Bertz CT molecular complexity index is 867. The fourth-order valence-electron chi connectivity index (χ4n) is 4.04. The Morgan fingerprint density at radius 2 is 2.00 bits per heavy atom. The average molecular weight is 443 g/mol. The van der Waals surface area contributed by atoms with Crippen molar-refractivity contribution in [1.82, 2.24) is 20.1 Å². The Morgan fingerprint density at radius 3 is 2.81 bits per heavy atom. The standard InChI is InChI=1S/C23H30N4O3S/c28-22-7-6-19(16-27(22)9-8-26-10-12-30-13-11-26)23(29)24-15-20-17-31-21(25-20)14-18-4-2-1-3-5-18/h1-5,17,19H,6-16H2,(H,24,29)/t19-/m0/s1. The van der Waals surface area contributed by atoms with E-state index in [1.54, 1.807) is 11.3 Å². The quantitative estimate of drug-likeness (QED) is 0.676. The highest BCUT2D eigenvalue weighted by Crippen LogP contribution is 2.19. The van der Waals surface area contributed by atoms with Crippen LogP contribution in [0.4, 0.5) is 0 Å². The summed E-state index contributed by atoms with van der Waals surface area (Å²) in [6.07, 6.45) is 1.87. The number of piperidine rings is 1. The van der Waals surface area contributed by atoms with Crippen LogP contribution in [0.25, 0.3) is 0 Å². The van der Waals surface area contributed by atoms with Gasteiger partial charge in [0.05, 0.1) is 36.4 Å². The summed E-state index contributed by atoms with van der Waals surface area (Å²) in [6, 6.07) is 10.3. The van der Waals surface area contributed by atoms with Gasteiger partial charge < -0.3 is 15.0 Å². The minimum Gasteiger partial charge on any atom is -0.379 e. The summed E-state index contributed by atoms with van der Waals surface area (Å²) in [5.74, 6) is 0.0219. The fourth-order valence-corrected chi connectivity index (χ4v) is 4.86. The first-order valence-electron chi connectivity index (χ1n) is 11.0. The van der Waals surface area contributed by atoms with E-state index in [-0.39, 0.29) is 17.7 Å². The highest BCUT2D eigenvalue weighted by Gasteiger charge is 2.30. The van der Waals surface area contributed by atoms with Gasteiger partial charge in [0, 0.05) is 50.9 Å². The van der Waals surface area contributed by atoms with E-state index >= 15 is 0 Å². The fraction of sp³-hybridized carbons (Fsp3) is 0.522. The summed E-state index contributed by atoms with van der Waals surface area (Å²) in [7, 11) is 0. The Morgan fingerprint density at radius 1 is 1.19 bits per heavy atom. The number of nitrogens with zero attached hydrogens (tertiary/aromatic N) is 3. The van der Waals surface area contributed by atoms with E-state index in [0.717, 1.165) is 50.0 Å². The molecule has 2 saturated heterocycles. The summed E-state index contributed by atoms with van der Waals surface area (Å²) in [4.78, 5) is 33.9. The molecule has 0 saturated carbocycles. The summed E-state index contributed by atoms with van der Waals surface area (Å²) >= 11 is 1.62. The molecule has 31 heavy (non-hydrogen) atoms. The molecule has 0 bridgehead atoms. The lowest BCUT2D eigenvalue weighted by Crippen LogP contribution is -2.49. The van der Waals surface area contributed by atoms with Crippen molar-refractivity contribution < 1.29 is 14.3 Å². The molecule has 2 fully saturated rings. The summed E-state index contributed by atoms with van der Waals surface area (Å²) in [6.45, 7) is 5.78. The number of likely N-dealkylation sites (tertiary alicyclic amines) is 1. The van der Waals surface area contributed by atoms with Crippen LogP contribution in [0.3, 0.4) is 0 Å². The minimum absolute atomic E-state index is 0.0153. The van der Waals surface area contributed by atoms with E-state index in [1.165, 1.54) is 5.56 Å². The smallest absolute Gasteiger partial charge is 0.225 e. The van der Waals surface area contributed by atoms with Gasteiger partial charge in [-0.25, -0.2) is 4.98 Å². The van der Waals surface area contributed by atoms with Gasteiger partial charge in [0.15, 0.2) is 0 Å². The summed E-state index contributed by atoms with van der Waals surface area (Å²) in [5, 5.41) is 6.09. The van der Waals surface area contributed by atoms with Crippen molar-refractivity contribution in [3.63, 3.8) is 0 Å². The number of ether oxygens (including phenoxy) is 1. The van der Waals surface area contributed by atoms with E-state index in [4.69, 9.17) is 4.74 Å². The van der Waals surface area contributed by atoms with Crippen LogP contribution in [0, 0.1) is 5.92 Å². The van der Waals surface area contributed by atoms with Crippen LogP contribution in [-0.2, 0) is 27.3 Å². The van der Waals surface area contributed by atoms with E-state index in [9.17, 15) is 9.59 Å². The number of carbonyl (C=O) groups is 2. The number of benzene rings is 1. The molecule has 166 valence electrons. The zero-order valence-electron chi connectivity index (χ0n) is 17.8. The van der Waals surface area contributed by atoms with Crippen molar-refractivity contribution in [2.45, 2.75) is 25.8 Å². The molecule has 1 aromatic heterocycles. The van der Waals surface area contributed by atoms with Gasteiger partial charge in [-0.15, -0.1) is 11.3 Å². The van der Waals surface area contributed by atoms with Gasteiger partial charge in [-0.05, 0) is 12.0 Å². The largest absolute Gasteiger partial charge is 0.379 e. The number of hydrogen-bond donors (Lipinski definition) is 1. The number of nitrogens with one attached hydrogen (secondary N) is 1. The average Bonchev–Trinajstić information content (AvgIpc) is 3.25. The molecule has 8 heteroatoms.